The summed E-state index contributed by atoms with van der Waals surface area (Å²) in [5.41, 5.74) is 1.80. The van der Waals surface area contributed by atoms with E-state index in [9.17, 15) is 4.79 Å². The van der Waals surface area contributed by atoms with Crippen molar-refractivity contribution >= 4 is 11.0 Å². The predicted molar refractivity (Wildman–Crippen MR) is 84.1 cm³/mol. The van der Waals surface area contributed by atoms with E-state index in [0.29, 0.717) is 6.04 Å². The maximum Gasteiger partial charge on any atom is 0.326 e. The molecule has 1 fully saturated rings. The molecular weight excluding hydrogens is 266 g/mol. The number of nitrogens with one attached hydrogen (secondary N) is 1. The summed E-state index contributed by atoms with van der Waals surface area (Å²) < 4.78 is 7.20. The molecule has 1 aliphatic heterocycles. The molecule has 0 radical (unpaired) electrons. The van der Waals surface area contributed by atoms with E-state index in [1.165, 1.54) is 0 Å². The first-order chi connectivity index (χ1) is 10.1. The Bertz CT molecular complexity index is 686. The molecule has 2 aromatic rings. The van der Waals surface area contributed by atoms with Crippen LogP contribution < -0.4 is 10.4 Å². The normalized spacial score (nSPS) is 20.3. The number of nitrogens with zero attached hydrogens (tertiary/aromatic N) is 2. The summed E-state index contributed by atoms with van der Waals surface area (Å²) >= 11 is 0. The number of piperidine rings is 1. The van der Waals surface area contributed by atoms with Gasteiger partial charge in [0, 0.05) is 18.7 Å². The van der Waals surface area contributed by atoms with Gasteiger partial charge in [-0.05, 0) is 45.4 Å². The van der Waals surface area contributed by atoms with Crippen LogP contribution in [0.1, 0.15) is 32.7 Å². The lowest BCUT2D eigenvalue weighted by molar-refractivity contribution is 0.143. The van der Waals surface area contributed by atoms with E-state index in [0.717, 1.165) is 42.7 Å². The number of methoxy groups -OCH3 is 1. The molecule has 5 heteroatoms. The number of ether oxygens (including phenoxy) is 1. The molecule has 2 heterocycles. The number of rotatable bonds is 3. The molecule has 1 unspecified atom stereocenters. The standard InChI is InChI=1S/C16H23N3O2/c1-11(2)18-8-4-5-12(10-18)19-15-9-13(21-3)6-7-14(15)17-16(19)20/h6-7,9,11-12H,4-5,8,10H2,1-3H3,(H,17,20). The lowest BCUT2D eigenvalue weighted by atomic mass is 10.0. The first-order valence-electron chi connectivity index (χ1n) is 7.62. The SMILES string of the molecule is COc1ccc2[nH]c(=O)n(C3CCCN(C(C)C)C3)c2c1. The van der Waals surface area contributed by atoms with Crippen molar-refractivity contribution in [2.24, 2.45) is 0 Å². The highest BCUT2D eigenvalue weighted by Gasteiger charge is 2.25. The molecule has 0 bridgehead atoms. The average molecular weight is 289 g/mol. The minimum absolute atomic E-state index is 0.0196. The summed E-state index contributed by atoms with van der Waals surface area (Å²) in [6.45, 7) is 6.48. The summed E-state index contributed by atoms with van der Waals surface area (Å²) in [5, 5.41) is 0. The number of fused-ring (bicyclic) bond motifs is 1. The van der Waals surface area contributed by atoms with Crippen molar-refractivity contribution in [2.75, 3.05) is 20.2 Å². The second kappa shape index (κ2) is 5.56. The van der Waals surface area contributed by atoms with Crippen LogP contribution in [0.4, 0.5) is 0 Å². The molecule has 1 aromatic carbocycles. The van der Waals surface area contributed by atoms with Gasteiger partial charge in [0.25, 0.3) is 0 Å². The quantitative estimate of drug-likeness (QED) is 0.944. The Morgan fingerprint density at radius 1 is 1.38 bits per heavy atom. The Hall–Kier alpha value is -1.75. The lowest BCUT2D eigenvalue weighted by Gasteiger charge is -2.35. The molecule has 21 heavy (non-hydrogen) atoms. The topological polar surface area (TPSA) is 50.3 Å². The summed E-state index contributed by atoms with van der Waals surface area (Å²) in [6.07, 6.45) is 2.18. The van der Waals surface area contributed by atoms with E-state index in [1.54, 1.807) is 7.11 Å². The lowest BCUT2D eigenvalue weighted by Crippen LogP contribution is -2.42. The Balaban J connectivity index is 2.02. The Kier molecular flexibility index (Phi) is 3.76. The first-order valence-corrected chi connectivity index (χ1v) is 7.62. The minimum atomic E-state index is -0.0196. The fraction of sp³-hybridized carbons (Fsp3) is 0.562. The highest BCUT2D eigenvalue weighted by atomic mass is 16.5. The maximum absolute atomic E-state index is 12.4. The van der Waals surface area contributed by atoms with Gasteiger partial charge in [0.05, 0.1) is 24.2 Å². The second-order valence-electron chi connectivity index (χ2n) is 6.07. The molecule has 3 rings (SSSR count). The molecule has 1 N–H and O–H groups in total. The number of likely N-dealkylation sites (tertiary alicyclic amines) is 1. The van der Waals surface area contributed by atoms with Gasteiger partial charge in [-0.1, -0.05) is 0 Å². The van der Waals surface area contributed by atoms with Gasteiger partial charge in [0.1, 0.15) is 5.75 Å². The zero-order valence-electron chi connectivity index (χ0n) is 12.9. The van der Waals surface area contributed by atoms with Crippen LogP contribution >= 0.6 is 0 Å². The van der Waals surface area contributed by atoms with Crippen molar-refractivity contribution in [3.63, 3.8) is 0 Å². The molecule has 1 aliphatic rings. The van der Waals surface area contributed by atoms with Gasteiger partial charge in [-0.2, -0.15) is 0 Å². The second-order valence-corrected chi connectivity index (χ2v) is 6.07. The molecule has 1 aromatic heterocycles. The molecule has 0 amide bonds. The number of imidazole rings is 1. The number of H-pyrrole nitrogens is 1. The van der Waals surface area contributed by atoms with Gasteiger partial charge in [-0.25, -0.2) is 4.79 Å². The molecule has 114 valence electrons. The molecule has 0 saturated carbocycles. The van der Waals surface area contributed by atoms with Crippen molar-refractivity contribution < 1.29 is 4.74 Å². The summed E-state index contributed by atoms with van der Waals surface area (Å²) in [7, 11) is 1.65. The van der Waals surface area contributed by atoms with E-state index < -0.39 is 0 Å². The number of aromatic amines is 1. The highest BCUT2D eigenvalue weighted by Crippen LogP contribution is 2.26. The summed E-state index contributed by atoms with van der Waals surface area (Å²) in [6, 6.07) is 6.48. The third kappa shape index (κ3) is 2.58. The van der Waals surface area contributed by atoms with Gasteiger partial charge in [0.2, 0.25) is 0 Å². The van der Waals surface area contributed by atoms with E-state index >= 15 is 0 Å². The van der Waals surface area contributed by atoms with Crippen molar-refractivity contribution in [1.82, 2.24) is 14.5 Å². The van der Waals surface area contributed by atoms with E-state index in [-0.39, 0.29) is 11.7 Å². The van der Waals surface area contributed by atoms with Gasteiger partial charge in [-0.3, -0.25) is 9.47 Å². The Labute approximate surface area is 124 Å². The van der Waals surface area contributed by atoms with E-state index in [1.807, 2.05) is 22.8 Å². The van der Waals surface area contributed by atoms with Crippen LogP contribution in [0, 0.1) is 0 Å². The molecule has 5 nitrogen and oxygen atoms in total. The molecule has 1 saturated heterocycles. The largest absolute Gasteiger partial charge is 0.497 e. The van der Waals surface area contributed by atoms with Crippen LogP contribution in [-0.2, 0) is 0 Å². The zero-order chi connectivity index (χ0) is 15.0. The smallest absolute Gasteiger partial charge is 0.326 e. The third-order valence-corrected chi connectivity index (χ3v) is 4.45. The van der Waals surface area contributed by atoms with Gasteiger partial charge in [-0.15, -0.1) is 0 Å². The summed E-state index contributed by atoms with van der Waals surface area (Å²) in [5.74, 6) is 0.784. The predicted octanol–water partition coefficient (Wildman–Crippen LogP) is 2.38. The average Bonchev–Trinajstić information content (AvgIpc) is 2.82. The number of hydrogen-bond acceptors (Lipinski definition) is 3. The van der Waals surface area contributed by atoms with Crippen LogP contribution in [0.15, 0.2) is 23.0 Å². The minimum Gasteiger partial charge on any atom is -0.497 e. The number of benzene rings is 1. The fourth-order valence-electron chi connectivity index (χ4n) is 3.25. The molecule has 1 atom stereocenters. The van der Waals surface area contributed by atoms with Crippen molar-refractivity contribution in [3.8, 4) is 5.75 Å². The zero-order valence-corrected chi connectivity index (χ0v) is 12.9. The van der Waals surface area contributed by atoms with Crippen LogP contribution in [0.5, 0.6) is 5.75 Å². The molecule has 0 spiro atoms. The number of hydrogen-bond donors (Lipinski definition) is 1. The van der Waals surface area contributed by atoms with E-state index in [2.05, 4.69) is 23.7 Å². The Morgan fingerprint density at radius 2 is 2.19 bits per heavy atom. The van der Waals surface area contributed by atoms with Crippen LogP contribution in [0.3, 0.4) is 0 Å². The van der Waals surface area contributed by atoms with Gasteiger partial charge in [0.15, 0.2) is 0 Å². The highest BCUT2D eigenvalue weighted by molar-refractivity contribution is 5.77. The van der Waals surface area contributed by atoms with Crippen molar-refractivity contribution in [1.29, 1.82) is 0 Å². The monoisotopic (exact) mass is 289 g/mol. The first kappa shape index (κ1) is 14.2. The summed E-state index contributed by atoms with van der Waals surface area (Å²) in [4.78, 5) is 17.8. The van der Waals surface area contributed by atoms with E-state index in [4.69, 9.17) is 4.74 Å². The van der Waals surface area contributed by atoms with Gasteiger partial charge < -0.3 is 9.72 Å². The molecular formula is C16H23N3O2. The van der Waals surface area contributed by atoms with Crippen molar-refractivity contribution in [3.05, 3.63) is 28.7 Å². The fourth-order valence-corrected chi connectivity index (χ4v) is 3.25. The molecule has 0 aliphatic carbocycles. The third-order valence-electron chi connectivity index (χ3n) is 4.45. The van der Waals surface area contributed by atoms with Crippen molar-refractivity contribution in [2.45, 2.75) is 38.8 Å². The number of aromatic nitrogens is 2. The van der Waals surface area contributed by atoms with Gasteiger partial charge >= 0.3 is 5.69 Å². The maximum atomic E-state index is 12.4. The van der Waals surface area contributed by atoms with Crippen LogP contribution in [-0.4, -0.2) is 40.7 Å². The Morgan fingerprint density at radius 3 is 2.90 bits per heavy atom. The van der Waals surface area contributed by atoms with Crippen LogP contribution in [0.2, 0.25) is 0 Å². The van der Waals surface area contributed by atoms with Crippen LogP contribution in [0.25, 0.3) is 11.0 Å².